The second-order valence-corrected chi connectivity index (χ2v) is 6.17. The molecule has 0 spiro atoms. The van der Waals surface area contributed by atoms with Gasteiger partial charge >= 0.3 is 0 Å². The van der Waals surface area contributed by atoms with Crippen molar-refractivity contribution in [2.45, 2.75) is 13.8 Å². The number of amides is 1. The fourth-order valence-electron chi connectivity index (χ4n) is 2.30. The van der Waals surface area contributed by atoms with Crippen LogP contribution in [-0.2, 0) is 7.05 Å². The third kappa shape index (κ3) is 2.78. The zero-order valence-electron chi connectivity index (χ0n) is 12.6. The van der Waals surface area contributed by atoms with E-state index in [0.717, 1.165) is 10.4 Å². The van der Waals surface area contributed by atoms with E-state index in [-0.39, 0.29) is 5.91 Å². The number of aromatic nitrogens is 3. The minimum absolute atomic E-state index is 0.207. The van der Waals surface area contributed by atoms with Crippen LogP contribution in [0.15, 0.2) is 36.7 Å². The summed E-state index contributed by atoms with van der Waals surface area (Å²) in [5.41, 5.74) is 4.08. The molecular formula is C16H16N4OS. The van der Waals surface area contributed by atoms with Gasteiger partial charge in [-0.15, -0.1) is 0 Å². The van der Waals surface area contributed by atoms with Crippen LogP contribution in [0.2, 0.25) is 0 Å². The Morgan fingerprint density at radius 3 is 2.77 bits per heavy atom. The summed E-state index contributed by atoms with van der Waals surface area (Å²) < 4.78 is 1.54. The van der Waals surface area contributed by atoms with Gasteiger partial charge in [0.15, 0.2) is 5.13 Å². The summed E-state index contributed by atoms with van der Waals surface area (Å²) in [6.07, 6.45) is 3.39. The largest absolute Gasteiger partial charge is 0.296 e. The van der Waals surface area contributed by atoms with Crippen molar-refractivity contribution in [3.8, 4) is 10.4 Å². The van der Waals surface area contributed by atoms with Crippen molar-refractivity contribution in [2.24, 2.45) is 7.05 Å². The lowest BCUT2D eigenvalue weighted by molar-refractivity contribution is 0.101. The Bertz CT molecular complexity index is 834. The van der Waals surface area contributed by atoms with Crippen LogP contribution in [0.25, 0.3) is 10.4 Å². The molecule has 3 rings (SSSR count). The molecule has 0 atom stereocenters. The lowest BCUT2D eigenvalue weighted by Gasteiger charge is -2.03. The molecule has 2 heterocycles. The van der Waals surface area contributed by atoms with E-state index in [0.29, 0.717) is 10.8 Å². The van der Waals surface area contributed by atoms with Crippen molar-refractivity contribution in [2.75, 3.05) is 5.32 Å². The minimum atomic E-state index is -0.207. The average Bonchev–Trinajstić information content (AvgIpc) is 3.08. The van der Waals surface area contributed by atoms with E-state index in [4.69, 9.17) is 0 Å². The third-order valence-corrected chi connectivity index (χ3v) is 4.37. The average molecular weight is 312 g/mol. The normalized spacial score (nSPS) is 10.7. The Labute approximate surface area is 132 Å². The zero-order valence-corrected chi connectivity index (χ0v) is 13.4. The summed E-state index contributed by atoms with van der Waals surface area (Å²) in [4.78, 5) is 17.5. The summed E-state index contributed by atoms with van der Waals surface area (Å²) in [5, 5.41) is 7.39. The smallest absolute Gasteiger partial charge is 0.275 e. The number of anilines is 1. The summed E-state index contributed by atoms with van der Waals surface area (Å²) >= 11 is 1.46. The Morgan fingerprint density at radius 1 is 1.27 bits per heavy atom. The molecule has 112 valence electrons. The van der Waals surface area contributed by atoms with E-state index in [9.17, 15) is 4.79 Å². The number of carbonyl (C=O) groups excluding carboxylic acids is 1. The monoisotopic (exact) mass is 312 g/mol. The molecule has 0 bridgehead atoms. The zero-order chi connectivity index (χ0) is 15.7. The second-order valence-electron chi connectivity index (χ2n) is 5.14. The molecule has 0 unspecified atom stereocenters. The van der Waals surface area contributed by atoms with E-state index in [2.05, 4.69) is 47.4 Å². The van der Waals surface area contributed by atoms with Crippen LogP contribution in [0.4, 0.5) is 5.13 Å². The lowest BCUT2D eigenvalue weighted by atomic mass is 10.1. The van der Waals surface area contributed by atoms with Gasteiger partial charge in [-0.05, 0) is 31.0 Å². The molecule has 0 saturated heterocycles. The maximum Gasteiger partial charge on any atom is 0.275 e. The summed E-state index contributed by atoms with van der Waals surface area (Å²) in [5.74, 6) is -0.207. The van der Waals surface area contributed by atoms with Gasteiger partial charge in [0.1, 0.15) is 5.69 Å². The predicted molar refractivity (Wildman–Crippen MR) is 88.2 cm³/mol. The molecule has 0 aliphatic rings. The highest BCUT2D eigenvalue weighted by Gasteiger charge is 2.13. The number of hydrogen-bond donors (Lipinski definition) is 1. The fraction of sp³-hybridized carbons (Fsp3) is 0.188. The Kier molecular flexibility index (Phi) is 3.77. The highest BCUT2D eigenvalue weighted by Crippen LogP contribution is 2.31. The molecule has 1 amide bonds. The number of thiazole rings is 1. The molecule has 6 heteroatoms. The Morgan fingerprint density at radius 2 is 2.09 bits per heavy atom. The van der Waals surface area contributed by atoms with E-state index < -0.39 is 0 Å². The molecule has 2 aromatic heterocycles. The number of hydrogen-bond acceptors (Lipinski definition) is 4. The second kappa shape index (κ2) is 5.73. The van der Waals surface area contributed by atoms with Crippen LogP contribution >= 0.6 is 11.3 Å². The molecule has 1 aromatic carbocycles. The van der Waals surface area contributed by atoms with Gasteiger partial charge in [0, 0.05) is 19.4 Å². The number of carbonyl (C=O) groups is 1. The first-order chi connectivity index (χ1) is 10.5. The maximum atomic E-state index is 12.1. The summed E-state index contributed by atoms with van der Waals surface area (Å²) in [7, 11) is 1.73. The molecule has 3 aromatic rings. The molecule has 0 aliphatic carbocycles. The number of nitrogens with zero attached hydrogens (tertiary/aromatic N) is 3. The number of benzene rings is 1. The van der Waals surface area contributed by atoms with Crippen molar-refractivity contribution in [3.63, 3.8) is 0 Å². The highest BCUT2D eigenvalue weighted by molar-refractivity contribution is 7.19. The van der Waals surface area contributed by atoms with Crippen LogP contribution in [0.3, 0.4) is 0 Å². The van der Waals surface area contributed by atoms with Gasteiger partial charge in [-0.1, -0.05) is 35.1 Å². The predicted octanol–water partition coefficient (Wildman–Crippen LogP) is 3.41. The Balaban J connectivity index is 1.82. The quantitative estimate of drug-likeness (QED) is 0.806. The highest BCUT2D eigenvalue weighted by atomic mass is 32.1. The van der Waals surface area contributed by atoms with Crippen LogP contribution < -0.4 is 5.32 Å². The SMILES string of the molecule is Cc1ccc(-c2cnc(NC(=O)c3ccnn3C)s2)c(C)c1. The van der Waals surface area contributed by atoms with E-state index in [1.54, 1.807) is 25.5 Å². The van der Waals surface area contributed by atoms with Crippen molar-refractivity contribution in [3.05, 3.63) is 53.5 Å². The summed E-state index contributed by atoms with van der Waals surface area (Å²) in [6, 6.07) is 7.98. The van der Waals surface area contributed by atoms with Crippen molar-refractivity contribution >= 4 is 22.4 Å². The van der Waals surface area contributed by atoms with Crippen molar-refractivity contribution in [1.82, 2.24) is 14.8 Å². The third-order valence-electron chi connectivity index (χ3n) is 3.43. The van der Waals surface area contributed by atoms with Gasteiger partial charge < -0.3 is 0 Å². The van der Waals surface area contributed by atoms with Crippen LogP contribution in [0.1, 0.15) is 21.6 Å². The van der Waals surface area contributed by atoms with Crippen molar-refractivity contribution < 1.29 is 4.79 Å². The summed E-state index contributed by atoms with van der Waals surface area (Å²) in [6.45, 7) is 4.15. The first-order valence-corrected chi connectivity index (χ1v) is 7.69. The number of nitrogens with one attached hydrogen (secondary N) is 1. The molecule has 1 N–H and O–H groups in total. The van der Waals surface area contributed by atoms with Crippen LogP contribution in [0.5, 0.6) is 0 Å². The number of aryl methyl sites for hydroxylation is 3. The number of rotatable bonds is 3. The minimum Gasteiger partial charge on any atom is -0.296 e. The van der Waals surface area contributed by atoms with E-state index >= 15 is 0 Å². The standard InChI is InChI=1S/C16H16N4OS/c1-10-4-5-12(11(2)8-10)14-9-17-16(22-14)19-15(21)13-6-7-18-20(13)3/h4-9H,1-3H3,(H,17,19,21). The van der Waals surface area contributed by atoms with E-state index in [1.165, 1.54) is 27.1 Å². The van der Waals surface area contributed by atoms with E-state index in [1.807, 2.05) is 0 Å². The Hall–Kier alpha value is -2.47. The topological polar surface area (TPSA) is 59.8 Å². The van der Waals surface area contributed by atoms with Gasteiger partial charge in [-0.3, -0.25) is 14.8 Å². The molecule has 5 nitrogen and oxygen atoms in total. The van der Waals surface area contributed by atoms with Gasteiger partial charge in [0.2, 0.25) is 0 Å². The van der Waals surface area contributed by atoms with Gasteiger partial charge in [-0.25, -0.2) is 4.98 Å². The molecule has 0 aliphatic heterocycles. The maximum absolute atomic E-state index is 12.1. The first-order valence-electron chi connectivity index (χ1n) is 6.87. The van der Waals surface area contributed by atoms with Crippen LogP contribution in [0, 0.1) is 13.8 Å². The van der Waals surface area contributed by atoms with Crippen LogP contribution in [-0.4, -0.2) is 20.7 Å². The molecule has 0 fully saturated rings. The lowest BCUT2D eigenvalue weighted by Crippen LogP contribution is -2.15. The molecular weight excluding hydrogens is 296 g/mol. The van der Waals surface area contributed by atoms with Gasteiger partial charge in [0.05, 0.1) is 4.88 Å². The fourth-order valence-corrected chi connectivity index (χ4v) is 3.21. The van der Waals surface area contributed by atoms with Crippen molar-refractivity contribution in [1.29, 1.82) is 0 Å². The molecule has 22 heavy (non-hydrogen) atoms. The van der Waals surface area contributed by atoms with Gasteiger partial charge in [-0.2, -0.15) is 5.10 Å². The molecule has 0 saturated carbocycles. The van der Waals surface area contributed by atoms with Gasteiger partial charge in [0.25, 0.3) is 5.91 Å². The molecule has 0 radical (unpaired) electrons. The first kappa shape index (κ1) is 14.5.